The molecule has 5 heteroatoms. The number of aromatic nitrogens is 3. The van der Waals surface area contributed by atoms with Crippen molar-refractivity contribution in [1.82, 2.24) is 14.8 Å². The van der Waals surface area contributed by atoms with Crippen LogP contribution in [0.25, 0.3) is 5.82 Å². The molecular formula is C17H16N4O. The number of hydrogen-bond acceptors (Lipinski definition) is 3. The van der Waals surface area contributed by atoms with Gasteiger partial charge < -0.3 is 5.32 Å². The molecule has 0 aliphatic heterocycles. The van der Waals surface area contributed by atoms with Crippen molar-refractivity contribution in [2.24, 2.45) is 0 Å². The van der Waals surface area contributed by atoms with Crippen molar-refractivity contribution in [3.8, 4) is 5.82 Å². The number of nitrogens with one attached hydrogen (secondary N) is 1. The first-order chi connectivity index (χ1) is 10.6. The third-order valence-electron chi connectivity index (χ3n) is 3.38. The molecule has 0 unspecified atom stereocenters. The minimum Gasteiger partial charge on any atom is -0.321 e. The molecule has 0 radical (unpaired) electrons. The molecule has 0 aliphatic carbocycles. The predicted molar refractivity (Wildman–Crippen MR) is 85.2 cm³/mol. The predicted octanol–water partition coefficient (Wildman–Crippen LogP) is 3.14. The quantitative estimate of drug-likeness (QED) is 0.806. The number of nitrogens with zero attached hydrogens (tertiary/aromatic N) is 3. The van der Waals surface area contributed by atoms with E-state index in [0.717, 1.165) is 11.1 Å². The number of benzene rings is 1. The van der Waals surface area contributed by atoms with Gasteiger partial charge in [-0.05, 0) is 43.7 Å². The monoisotopic (exact) mass is 292 g/mol. The Bertz CT molecular complexity index is 792. The lowest BCUT2D eigenvalue weighted by Crippen LogP contribution is -2.14. The molecule has 1 aromatic carbocycles. The van der Waals surface area contributed by atoms with E-state index in [4.69, 9.17) is 0 Å². The number of pyridine rings is 1. The maximum Gasteiger partial charge on any atom is 0.255 e. The molecule has 3 aromatic rings. The summed E-state index contributed by atoms with van der Waals surface area (Å²) in [6, 6.07) is 11.3. The molecule has 0 saturated carbocycles. The number of aryl methyl sites for hydroxylation is 2. The zero-order valence-electron chi connectivity index (χ0n) is 12.4. The van der Waals surface area contributed by atoms with Crippen LogP contribution >= 0.6 is 0 Å². The van der Waals surface area contributed by atoms with Crippen LogP contribution in [0.2, 0.25) is 0 Å². The van der Waals surface area contributed by atoms with Crippen LogP contribution in [0.15, 0.2) is 55.0 Å². The van der Waals surface area contributed by atoms with Crippen LogP contribution in [0.3, 0.4) is 0 Å². The third-order valence-corrected chi connectivity index (χ3v) is 3.38. The van der Waals surface area contributed by atoms with E-state index in [-0.39, 0.29) is 5.91 Å². The Kier molecular flexibility index (Phi) is 3.70. The lowest BCUT2D eigenvalue weighted by Gasteiger charge is -2.09. The van der Waals surface area contributed by atoms with E-state index in [0.29, 0.717) is 17.1 Å². The third kappa shape index (κ3) is 2.88. The van der Waals surface area contributed by atoms with Gasteiger partial charge in [0.25, 0.3) is 5.91 Å². The van der Waals surface area contributed by atoms with Gasteiger partial charge in [-0.1, -0.05) is 17.7 Å². The molecule has 1 N–H and O–H groups in total. The Labute approximate surface area is 128 Å². The summed E-state index contributed by atoms with van der Waals surface area (Å²) in [5.41, 5.74) is 3.34. The second-order valence-electron chi connectivity index (χ2n) is 5.13. The number of carbonyl (C=O) groups excluding carboxylic acids is 1. The van der Waals surface area contributed by atoms with Crippen LogP contribution in [0, 0.1) is 13.8 Å². The molecule has 2 aromatic heterocycles. The molecule has 0 atom stereocenters. The van der Waals surface area contributed by atoms with Gasteiger partial charge in [-0.25, -0.2) is 9.67 Å². The Morgan fingerprint density at radius 2 is 2.05 bits per heavy atom. The van der Waals surface area contributed by atoms with Crippen molar-refractivity contribution in [2.45, 2.75) is 13.8 Å². The Balaban J connectivity index is 1.78. The van der Waals surface area contributed by atoms with Gasteiger partial charge in [0, 0.05) is 18.0 Å². The Morgan fingerprint density at radius 1 is 1.18 bits per heavy atom. The first kappa shape index (κ1) is 14.0. The zero-order chi connectivity index (χ0) is 15.5. The summed E-state index contributed by atoms with van der Waals surface area (Å²) in [5, 5.41) is 6.98. The first-order valence-corrected chi connectivity index (χ1v) is 6.98. The van der Waals surface area contributed by atoms with Crippen molar-refractivity contribution in [3.63, 3.8) is 0 Å². The highest BCUT2D eigenvalue weighted by atomic mass is 16.1. The standard InChI is InChI=1S/C17H16N4O/c1-12-4-5-13(2)15(10-12)17(22)20-14-6-7-16(18-11-14)21-9-3-8-19-21/h3-11H,1-2H3,(H,20,22). The summed E-state index contributed by atoms with van der Waals surface area (Å²) in [6.07, 6.45) is 5.13. The molecule has 2 heterocycles. The number of carbonyl (C=O) groups is 1. The van der Waals surface area contributed by atoms with Crippen LogP contribution in [0.5, 0.6) is 0 Å². The molecule has 1 amide bonds. The summed E-state index contributed by atoms with van der Waals surface area (Å²) < 4.78 is 1.66. The highest BCUT2D eigenvalue weighted by molar-refractivity contribution is 6.05. The number of hydrogen-bond donors (Lipinski definition) is 1. The molecule has 110 valence electrons. The minimum atomic E-state index is -0.130. The fourth-order valence-electron chi connectivity index (χ4n) is 2.18. The topological polar surface area (TPSA) is 59.8 Å². The van der Waals surface area contributed by atoms with Crippen LogP contribution in [0.1, 0.15) is 21.5 Å². The average Bonchev–Trinajstić information content (AvgIpc) is 3.05. The van der Waals surface area contributed by atoms with Gasteiger partial charge in [-0.15, -0.1) is 0 Å². The molecule has 5 nitrogen and oxygen atoms in total. The normalized spacial score (nSPS) is 10.5. The second kappa shape index (κ2) is 5.81. The van der Waals surface area contributed by atoms with Crippen LogP contribution in [0.4, 0.5) is 5.69 Å². The molecule has 0 fully saturated rings. The van der Waals surface area contributed by atoms with Crippen LogP contribution in [-0.2, 0) is 0 Å². The molecular weight excluding hydrogens is 276 g/mol. The smallest absolute Gasteiger partial charge is 0.255 e. The van der Waals surface area contributed by atoms with Crippen molar-refractivity contribution in [1.29, 1.82) is 0 Å². The number of anilines is 1. The lowest BCUT2D eigenvalue weighted by atomic mass is 10.1. The van der Waals surface area contributed by atoms with Gasteiger partial charge in [-0.3, -0.25) is 4.79 Å². The van der Waals surface area contributed by atoms with E-state index in [1.54, 1.807) is 17.1 Å². The maximum absolute atomic E-state index is 12.3. The molecule has 0 saturated heterocycles. The molecule has 0 bridgehead atoms. The number of rotatable bonds is 3. The molecule has 0 spiro atoms. The molecule has 0 aliphatic rings. The van der Waals surface area contributed by atoms with Crippen molar-refractivity contribution >= 4 is 11.6 Å². The van der Waals surface area contributed by atoms with Gasteiger partial charge in [0.2, 0.25) is 0 Å². The van der Waals surface area contributed by atoms with Gasteiger partial charge in [-0.2, -0.15) is 5.10 Å². The van der Waals surface area contributed by atoms with Crippen molar-refractivity contribution < 1.29 is 4.79 Å². The zero-order valence-corrected chi connectivity index (χ0v) is 12.4. The maximum atomic E-state index is 12.3. The molecule has 22 heavy (non-hydrogen) atoms. The minimum absolute atomic E-state index is 0.130. The summed E-state index contributed by atoms with van der Waals surface area (Å²) >= 11 is 0. The van der Waals surface area contributed by atoms with Gasteiger partial charge in [0.15, 0.2) is 5.82 Å². The average molecular weight is 292 g/mol. The first-order valence-electron chi connectivity index (χ1n) is 6.98. The Morgan fingerprint density at radius 3 is 2.73 bits per heavy atom. The fourth-order valence-corrected chi connectivity index (χ4v) is 2.18. The van der Waals surface area contributed by atoms with E-state index in [1.165, 1.54) is 0 Å². The van der Waals surface area contributed by atoms with Gasteiger partial charge in [0.05, 0.1) is 11.9 Å². The highest BCUT2D eigenvalue weighted by Crippen LogP contribution is 2.14. The largest absolute Gasteiger partial charge is 0.321 e. The van der Waals surface area contributed by atoms with E-state index in [9.17, 15) is 4.79 Å². The summed E-state index contributed by atoms with van der Waals surface area (Å²) in [5.74, 6) is 0.574. The Hall–Kier alpha value is -2.95. The van der Waals surface area contributed by atoms with Crippen LogP contribution in [-0.4, -0.2) is 20.7 Å². The van der Waals surface area contributed by atoms with Gasteiger partial charge >= 0.3 is 0 Å². The summed E-state index contributed by atoms with van der Waals surface area (Å²) in [6.45, 7) is 3.89. The summed E-state index contributed by atoms with van der Waals surface area (Å²) in [7, 11) is 0. The van der Waals surface area contributed by atoms with E-state index < -0.39 is 0 Å². The van der Waals surface area contributed by atoms with Gasteiger partial charge in [0.1, 0.15) is 0 Å². The van der Waals surface area contributed by atoms with Crippen LogP contribution < -0.4 is 5.32 Å². The van der Waals surface area contributed by atoms with E-state index in [1.807, 2.05) is 56.4 Å². The second-order valence-corrected chi connectivity index (χ2v) is 5.13. The lowest BCUT2D eigenvalue weighted by molar-refractivity contribution is 0.102. The van der Waals surface area contributed by atoms with Crippen molar-refractivity contribution in [3.05, 3.63) is 71.7 Å². The van der Waals surface area contributed by atoms with Crippen molar-refractivity contribution in [2.75, 3.05) is 5.32 Å². The highest BCUT2D eigenvalue weighted by Gasteiger charge is 2.10. The number of amides is 1. The van der Waals surface area contributed by atoms with E-state index in [2.05, 4.69) is 15.4 Å². The SMILES string of the molecule is Cc1ccc(C)c(C(=O)Nc2ccc(-n3cccn3)nc2)c1. The molecule has 3 rings (SSSR count). The van der Waals surface area contributed by atoms with E-state index >= 15 is 0 Å². The summed E-state index contributed by atoms with van der Waals surface area (Å²) in [4.78, 5) is 16.6. The fraction of sp³-hybridized carbons (Fsp3) is 0.118.